The molecule has 250 valence electrons. The fraction of sp³-hybridized carbons (Fsp3) is 0.387. The molecule has 1 amide bonds. The molecule has 46 heavy (non-hydrogen) atoms. The predicted molar refractivity (Wildman–Crippen MR) is 172 cm³/mol. The molecular formula is C31H39ClFN5O8. The molecule has 0 unspecified atom stereocenters. The van der Waals surface area contributed by atoms with E-state index in [1.807, 2.05) is 0 Å². The number of hydrogen-bond donors (Lipinski definition) is 4. The van der Waals surface area contributed by atoms with Crippen LogP contribution in [0.25, 0.3) is 10.9 Å². The Morgan fingerprint density at radius 2 is 1.65 bits per heavy atom. The van der Waals surface area contributed by atoms with Crippen molar-refractivity contribution >= 4 is 57.5 Å². The number of anilines is 3. The van der Waals surface area contributed by atoms with Crippen molar-refractivity contribution in [3.8, 4) is 5.75 Å². The van der Waals surface area contributed by atoms with E-state index >= 15 is 0 Å². The van der Waals surface area contributed by atoms with Gasteiger partial charge in [0.25, 0.3) is 11.9 Å². The third-order valence-electron chi connectivity index (χ3n) is 6.17. The van der Waals surface area contributed by atoms with Crippen LogP contribution in [0, 0.1) is 5.82 Å². The molecule has 1 saturated heterocycles. The number of amides is 1. The average molecular weight is 664 g/mol. The summed E-state index contributed by atoms with van der Waals surface area (Å²) in [6.45, 7) is 6.22. The van der Waals surface area contributed by atoms with Crippen LogP contribution in [0.4, 0.5) is 21.6 Å². The Hall–Kier alpha value is -4.37. The second-order valence-corrected chi connectivity index (χ2v) is 10.3. The van der Waals surface area contributed by atoms with Gasteiger partial charge in [-0.3, -0.25) is 14.4 Å². The molecule has 1 aliphatic heterocycles. The normalized spacial score (nSPS) is 12.6. The van der Waals surface area contributed by atoms with Crippen molar-refractivity contribution < 1.29 is 43.2 Å². The van der Waals surface area contributed by atoms with Crippen LogP contribution >= 0.6 is 11.6 Å². The zero-order chi connectivity index (χ0) is 34.1. The molecule has 3 aromatic rings. The third-order valence-corrected chi connectivity index (χ3v) is 6.46. The topological polar surface area (TPSA) is 172 Å². The maximum Gasteiger partial charge on any atom is 0.300 e. The average Bonchev–Trinajstić information content (AvgIpc) is 2.99. The van der Waals surface area contributed by atoms with E-state index in [1.54, 1.807) is 38.5 Å². The van der Waals surface area contributed by atoms with Gasteiger partial charge in [-0.25, -0.2) is 14.4 Å². The van der Waals surface area contributed by atoms with Gasteiger partial charge in [-0.05, 0) is 37.1 Å². The van der Waals surface area contributed by atoms with Crippen molar-refractivity contribution in [2.24, 2.45) is 0 Å². The Labute approximate surface area is 271 Å². The Kier molecular flexibility index (Phi) is 16.4. The van der Waals surface area contributed by atoms with Crippen LogP contribution in [-0.2, 0) is 23.9 Å². The Balaban J connectivity index is 0.000000825. The van der Waals surface area contributed by atoms with Gasteiger partial charge in [0.2, 0.25) is 5.91 Å². The number of carboxylic acid groups (broad SMARTS) is 2. The molecule has 0 aliphatic carbocycles. The highest BCUT2D eigenvalue weighted by Gasteiger charge is 2.17. The van der Waals surface area contributed by atoms with Gasteiger partial charge in [0.15, 0.2) is 0 Å². The monoisotopic (exact) mass is 663 g/mol. The van der Waals surface area contributed by atoms with E-state index in [1.165, 1.54) is 18.5 Å². The summed E-state index contributed by atoms with van der Waals surface area (Å²) in [4.78, 5) is 42.0. The third kappa shape index (κ3) is 13.7. The lowest BCUT2D eigenvalue weighted by atomic mass is 10.0. The number of carboxylic acids is 2. The van der Waals surface area contributed by atoms with Gasteiger partial charge >= 0.3 is 0 Å². The number of ether oxygens (including phenoxy) is 3. The van der Waals surface area contributed by atoms with Crippen LogP contribution in [0.5, 0.6) is 5.75 Å². The van der Waals surface area contributed by atoms with Gasteiger partial charge in [-0.2, -0.15) is 0 Å². The molecule has 1 aromatic heterocycles. The van der Waals surface area contributed by atoms with Crippen LogP contribution in [0.15, 0.2) is 48.3 Å². The molecule has 15 heteroatoms. The second-order valence-electron chi connectivity index (χ2n) is 9.85. The quantitative estimate of drug-likeness (QED) is 0.160. The molecule has 13 nitrogen and oxygen atoms in total. The number of nitrogens with zero attached hydrogens (tertiary/aromatic N) is 3. The molecular weight excluding hydrogens is 625 g/mol. The number of fused-ring (bicyclic) bond motifs is 1. The number of piperidine rings is 1. The fourth-order valence-electron chi connectivity index (χ4n) is 4.13. The van der Waals surface area contributed by atoms with Crippen LogP contribution in [0.3, 0.4) is 0 Å². The molecule has 2 heterocycles. The maximum atomic E-state index is 13.6. The molecule has 0 saturated carbocycles. The first-order valence-corrected chi connectivity index (χ1v) is 14.5. The first kappa shape index (κ1) is 37.8. The first-order chi connectivity index (χ1) is 21.9. The zero-order valence-corrected chi connectivity index (χ0v) is 26.9. The van der Waals surface area contributed by atoms with Gasteiger partial charge in [-0.15, -0.1) is 0 Å². The Morgan fingerprint density at radius 1 is 1.00 bits per heavy atom. The van der Waals surface area contributed by atoms with E-state index in [-0.39, 0.29) is 10.9 Å². The number of nitrogens with one attached hydrogen (secondary N) is 2. The van der Waals surface area contributed by atoms with Gasteiger partial charge in [0.1, 0.15) is 30.3 Å². The van der Waals surface area contributed by atoms with E-state index in [2.05, 4.69) is 25.5 Å². The largest absolute Gasteiger partial charge is 0.489 e. The number of halogens is 2. The van der Waals surface area contributed by atoms with Crippen molar-refractivity contribution in [1.82, 2.24) is 14.9 Å². The van der Waals surface area contributed by atoms with Crippen LogP contribution in [-0.4, -0.2) is 96.6 Å². The van der Waals surface area contributed by atoms with E-state index in [0.717, 1.165) is 51.9 Å². The number of benzene rings is 2. The highest BCUT2D eigenvalue weighted by Crippen LogP contribution is 2.34. The van der Waals surface area contributed by atoms with E-state index in [0.29, 0.717) is 53.7 Å². The van der Waals surface area contributed by atoms with Crippen molar-refractivity contribution in [3.63, 3.8) is 0 Å². The van der Waals surface area contributed by atoms with Gasteiger partial charge in [0, 0.05) is 70.9 Å². The standard InChI is InChI=1S/C27H31ClFN5O4.2C2H4O2/c1-36-10-9-34-7-5-18(6-8-34)13-26(35)33-24-15-20-23(16-25(24)38-12-11-37-2)30-17-31-27(20)32-19-3-4-22(29)21(28)14-19;2*1-2(3)4/h3-4,13-17H,5-12H2,1-2H3,(H,33,35)(H,30,31,32);2*1H3,(H,3,4). The summed E-state index contributed by atoms with van der Waals surface area (Å²) in [6.07, 6.45) is 4.73. The molecule has 4 rings (SSSR count). The summed E-state index contributed by atoms with van der Waals surface area (Å²) < 4.78 is 29.8. The molecule has 0 bridgehead atoms. The summed E-state index contributed by atoms with van der Waals surface area (Å²) in [5.41, 5.74) is 2.73. The molecule has 0 atom stereocenters. The van der Waals surface area contributed by atoms with Crippen LogP contribution in [0.2, 0.25) is 5.02 Å². The summed E-state index contributed by atoms with van der Waals surface area (Å²) in [5, 5.41) is 21.6. The maximum absolute atomic E-state index is 13.6. The van der Waals surface area contributed by atoms with Crippen molar-refractivity contribution in [2.45, 2.75) is 26.7 Å². The van der Waals surface area contributed by atoms with Crippen LogP contribution in [0.1, 0.15) is 26.7 Å². The summed E-state index contributed by atoms with van der Waals surface area (Å²) in [5.74, 6) is -1.48. The number of likely N-dealkylation sites (tertiary alicyclic amines) is 1. The first-order valence-electron chi connectivity index (χ1n) is 14.2. The number of methoxy groups -OCH3 is 2. The van der Waals surface area contributed by atoms with Crippen molar-refractivity contribution in [1.29, 1.82) is 0 Å². The number of carbonyl (C=O) groups excluding carboxylic acids is 1. The number of carbonyl (C=O) groups is 3. The van der Waals surface area contributed by atoms with E-state index < -0.39 is 17.8 Å². The van der Waals surface area contributed by atoms with Crippen molar-refractivity contribution in [3.05, 3.63) is 59.1 Å². The smallest absolute Gasteiger partial charge is 0.300 e. The lowest BCUT2D eigenvalue weighted by Gasteiger charge is -2.27. The van der Waals surface area contributed by atoms with Crippen LogP contribution < -0.4 is 15.4 Å². The SMILES string of the molecule is CC(=O)O.CC(=O)O.COCCOc1cc2ncnc(Nc3ccc(F)c(Cl)c3)c2cc1NC(=O)C=C1CCN(CCOC)CC1. The predicted octanol–water partition coefficient (Wildman–Crippen LogP) is 4.98. The summed E-state index contributed by atoms with van der Waals surface area (Å²) in [7, 11) is 3.29. The second kappa shape index (κ2) is 19.9. The fourth-order valence-corrected chi connectivity index (χ4v) is 4.31. The molecule has 0 radical (unpaired) electrons. The minimum Gasteiger partial charge on any atom is -0.489 e. The van der Waals surface area contributed by atoms with E-state index in [4.69, 9.17) is 45.6 Å². The number of rotatable bonds is 11. The van der Waals surface area contributed by atoms with Gasteiger partial charge in [0.05, 0.1) is 29.4 Å². The molecule has 0 spiro atoms. The number of hydrogen-bond acceptors (Lipinski definition) is 10. The minimum atomic E-state index is -0.833. The Bertz CT molecular complexity index is 1480. The molecule has 4 N–H and O–H groups in total. The van der Waals surface area contributed by atoms with Gasteiger partial charge in [-0.1, -0.05) is 17.2 Å². The highest BCUT2D eigenvalue weighted by atomic mass is 35.5. The lowest BCUT2D eigenvalue weighted by Crippen LogP contribution is -2.33. The molecule has 1 fully saturated rings. The highest BCUT2D eigenvalue weighted by molar-refractivity contribution is 6.31. The lowest BCUT2D eigenvalue weighted by molar-refractivity contribution is -0.135. The zero-order valence-electron chi connectivity index (χ0n) is 26.1. The number of aromatic nitrogens is 2. The number of aliphatic carboxylic acids is 2. The molecule has 1 aliphatic rings. The minimum absolute atomic E-state index is 0.00675. The molecule has 2 aromatic carbocycles. The van der Waals surface area contributed by atoms with Crippen molar-refractivity contribution in [2.75, 3.05) is 64.3 Å². The van der Waals surface area contributed by atoms with Gasteiger partial charge < -0.3 is 40.0 Å². The van der Waals surface area contributed by atoms with E-state index in [9.17, 15) is 9.18 Å². The summed E-state index contributed by atoms with van der Waals surface area (Å²) >= 11 is 5.94. The Morgan fingerprint density at radius 3 is 2.26 bits per heavy atom. The summed E-state index contributed by atoms with van der Waals surface area (Å²) in [6, 6.07) is 7.81.